The van der Waals surface area contributed by atoms with E-state index in [1.807, 2.05) is 18.3 Å². The van der Waals surface area contributed by atoms with Gasteiger partial charge in [0.1, 0.15) is 0 Å². The summed E-state index contributed by atoms with van der Waals surface area (Å²) in [6.45, 7) is 2.16. The van der Waals surface area contributed by atoms with Crippen molar-refractivity contribution in [3.8, 4) is 0 Å². The normalized spacial score (nSPS) is 11.8. The Morgan fingerprint density at radius 3 is 2.44 bits per heavy atom. The van der Waals surface area contributed by atoms with Gasteiger partial charge in [-0.15, -0.1) is 23.2 Å². The fourth-order valence-electron chi connectivity index (χ4n) is 1.78. The van der Waals surface area contributed by atoms with Crippen LogP contribution < -0.4 is 0 Å². The molecule has 0 amide bonds. The van der Waals surface area contributed by atoms with Crippen LogP contribution >= 0.6 is 39.1 Å². The van der Waals surface area contributed by atoms with Gasteiger partial charge in [-0.1, -0.05) is 13.3 Å². The van der Waals surface area contributed by atoms with Crippen LogP contribution in [0, 0.1) is 5.41 Å². The maximum atomic E-state index is 6.06. The van der Waals surface area contributed by atoms with Gasteiger partial charge < -0.3 is 0 Å². The topological polar surface area (TPSA) is 12.9 Å². The zero-order chi connectivity index (χ0) is 12.0. The molecule has 0 aromatic carbocycles. The summed E-state index contributed by atoms with van der Waals surface area (Å²) in [6, 6.07) is 4.02. The summed E-state index contributed by atoms with van der Waals surface area (Å²) in [5.74, 6) is 1.17. The first-order chi connectivity index (χ1) is 7.65. The molecule has 0 aliphatic rings. The van der Waals surface area contributed by atoms with Gasteiger partial charge in [-0.05, 0) is 40.9 Å². The molecule has 0 unspecified atom stereocenters. The molecule has 0 saturated heterocycles. The first-order valence-electron chi connectivity index (χ1n) is 5.38. The van der Waals surface area contributed by atoms with Crippen molar-refractivity contribution in [2.75, 3.05) is 11.8 Å². The van der Waals surface area contributed by atoms with Crippen molar-refractivity contribution in [3.63, 3.8) is 0 Å². The van der Waals surface area contributed by atoms with Gasteiger partial charge in [0.2, 0.25) is 0 Å². The average molecular weight is 325 g/mol. The molecule has 16 heavy (non-hydrogen) atoms. The molecule has 0 atom stereocenters. The molecule has 0 saturated carbocycles. The Labute approximate surface area is 116 Å². The van der Waals surface area contributed by atoms with E-state index >= 15 is 0 Å². The number of rotatable bonds is 6. The second-order valence-electron chi connectivity index (χ2n) is 4.16. The number of aromatic nitrogens is 1. The number of alkyl halides is 2. The largest absolute Gasteiger partial charge is 0.260 e. The Morgan fingerprint density at radius 2 is 2.00 bits per heavy atom. The number of halogens is 3. The number of nitrogens with zero attached hydrogens (tertiary/aromatic N) is 1. The maximum absolute atomic E-state index is 6.06. The van der Waals surface area contributed by atoms with Crippen molar-refractivity contribution < 1.29 is 0 Å². The molecule has 0 bridgehead atoms. The molecule has 1 aromatic heterocycles. The molecular formula is C12H16BrCl2N. The minimum Gasteiger partial charge on any atom is -0.260 e. The highest BCUT2D eigenvalue weighted by atomic mass is 79.9. The Hall–Kier alpha value is 0.210. The molecule has 0 aliphatic carbocycles. The van der Waals surface area contributed by atoms with Gasteiger partial charge in [0.15, 0.2) is 0 Å². The Morgan fingerprint density at radius 1 is 1.31 bits per heavy atom. The van der Waals surface area contributed by atoms with E-state index in [9.17, 15) is 0 Å². The smallest absolute Gasteiger partial charge is 0.0413 e. The predicted molar refractivity (Wildman–Crippen MR) is 74.4 cm³/mol. The first-order valence-corrected chi connectivity index (χ1v) is 7.24. The van der Waals surface area contributed by atoms with Crippen LogP contribution in [0.5, 0.6) is 0 Å². The predicted octanol–water partition coefficient (Wildman–Crippen LogP) is 4.65. The van der Waals surface area contributed by atoms with E-state index in [-0.39, 0.29) is 5.41 Å². The van der Waals surface area contributed by atoms with Crippen LogP contribution in [0.4, 0.5) is 0 Å². The van der Waals surface area contributed by atoms with Crippen LogP contribution in [0.3, 0.4) is 0 Å². The highest BCUT2D eigenvalue weighted by Gasteiger charge is 2.28. The minimum atomic E-state index is -0.0152. The third-order valence-corrected chi connectivity index (χ3v) is 4.30. The summed E-state index contributed by atoms with van der Waals surface area (Å²) in [4.78, 5) is 4.38. The second-order valence-corrected chi connectivity index (χ2v) is 5.61. The van der Waals surface area contributed by atoms with E-state index in [0.29, 0.717) is 11.8 Å². The lowest BCUT2D eigenvalue weighted by Crippen LogP contribution is -2.28. The highest BCUT2D eigenvalue weighted by molar-refractivity contribution is 9.10. The minimum absolute atomic E-state index is 0.0152. The van der Waals surface area contributed by atoms with Crippen molar-refractivity contribution in [2.24, 2.45) is 5.41 Å². The fraction of sp³-hybridized carbons (Fsp3) is 0.583. The summed E-state index contributed by atoms with van der Waals surface area (Å²) in [5.41, 5.74) is 1.04. The van der Waals surface area contributed by atoms with Gasteiger partial charge in [-0.25, -0.2) is 0 Å². The maximum Gasteiger partial charge on any atom is 0.0413 e. The van der Waals surface area contributed by atoms with Crippen LogP contribution in [0.2, 0.25) is 0 Å². The standard InChI is InChI=1S/C12H16BrCl2N/c1-2-5-12(8-14,9-15)6-11-4-3-10(13)7-16-11/h3-4,7H,2,5-6,8-9H2,1H3. The van der Waals surface area contributed by atoms with Gasteiger partial charge in [0.25, 0.3) is 0 Å². The van der Waals surface area contributed by atoms with Gasteiger partial charge in [0, 0.05) is 33.5 Å². The molecule has 90 valence electrons. The summed E-state index contributed by atoms with van der Waals surface area (Å²) < 4.78 is 0.995. The van der Waals surface area contributed by atoms with Gasteiger partial charge in [0.05, 0.1) is 0 Å². The quantitative estimate of drug-likeness (QED) is 0.694. The Kier molecular flexibility index (Phi) is 6.09. The summed E-state index contributed by atoms with van der Waals surface area (Å²) in [7, 11) is 0. The van der Waals surface area contributed by atoms with E-state index in [1.165, 1.54) is 0 Å². The molecule has 1 nitrogen and oxygen atoms in total. The van der Waals surface area contributed by atoms with Gasteiger partial charge in [-0.2, -0.15) is 0 Å². The fourth-order valence-corrected chi connectivity index (χ4v) is 2.75. The number of hydrogen-bond donors (Lipinski definition) is 0. The number of hydrogen-bond acceptors (Lipinski definition) is 1. The first kappa shape index (κ1) is 14.3. The summed E-state index contributed by atoms with van der Waals surface area (Å²) >= 11 is 15.5. The van der Waals surface area contributed by atoms with Crippen molar-refractivity contribution in [1.29, 1.82) is 0 Å². The van der Waals surface area contributed by atoms with E-state index in [0.717, 1.165) is 29.4 Å². The van der Waals surface area contributed by atoms with Crippen molar-refractivity contribution in [2.45, 2.75) is 26.2 Å². The highest BCUT2D eigenvalue weighted by Crippen LogP contribution is 2.31. The van der Waals surface area contributed by atoms with Crippen LogP contribution in [-0.4, -0.2) is 16.7 Å². The molecule has 1 aromatic rings. The molecule has 0 aliphatic heterocycles. The monoisotopic (exact) mass is 323 g/mol. The summed E-state index contributed by atoms with van der Waals surface area (Å²) in [6.07, 6.45) is 4.79. The zero-order valence-electron chi connectivity index (χ0n) is 9.35. The Bertz CT molecular complexity index is 309. The van der Waals surface area contributed by atoms with Crippen LogP contribution in [0.25, 0.3) is 0 Å². The van der Waals surface area contributed by atoms with Crippen LogP contribution in [-0.2, 0) is 6.42 Å². The van der Waals surface area contributed by atoms with Gasteiger partial charge >= 0.3 is 0 Å². The zero-order valence-corrected chi connectivity index (χ0v) is 12.4. The second kappa shape index (κ2) is 6.83. The van der Waals surface area contributed by atoms with E-state index < -0.39 is 0 Å². The van der Waals surface area contributed by atoms with E-state index in [1.54, 1.807) is 0 Å². The lowest BCUT2D eigenvalue weighted by atomic mass is 9.83. The molecular weight excluding hydrogens is 309 g/mol. The summed E-state index contributed by atoms with van der Waals surface area (Å²) in [5, 5.41) is 0. The SMILES string of the molecule is CCCC(CCl)(CCl)Cc1ccc(Br)cn1. The van der Waals surface area contributed by atoms with Crippen LogP contribution in [0.1, 0.15) is 25.5 Å². The molecule has 0 radical (unpaired) electrons. The molecule has 1 heterocycles. The third kappa shape index (κ3) is 3.90. The number of pyridine rings is 1. The molecule has 0 N–H and O–H groups in total. The van der Waals surface area contributed by atoms with Gasteiger partial charge in [-0.3, -0.25) is 4.98 Å². The van der Waals surface area contributed by atoms with Crippen molar-refractivity contribution in [1.82, 2.24) is 4.98 Å². The van der Waals surface area contributed by atoms with E-state index in [4.69, 9.17) is 23.2 Å². The van der Waals surface area contributed by atoms with Crippen LogP contribution in [0.15, 0.2) is 22.8 Å². The third-order valence-electron chi connectivity index (χ3n) is 2.69. The molecule has 0 spiro atoms. The average Bonchev–Trinajstić information content (AvgIpc) is 2.31. The molecule has 0 fully saturated rings. The lowest BCUT2D eigenvalue weighted by molar-refractivity contribution is 0.337. The molecule has 1 rings (SSSR count). The lowest BCUT2D eigenvalue weighted by Gasteiger charge is -2.28. The molecule has 4 heteroatoms. The van der Waals surface area contributed by atoms with E-state index in [2.05, 4.69) is 27.8 Å². The van der Waals surface area contributed by atoms with Crippen molar-refractivity contribution >= 4 is 39.1 Å². The Balaban J connectivity index is 2.78. The van der Waals surface area contributed by atoms with Crippen molar-refractivity contribution in [3.05, 3.63) is 28.5 Å².